The minimum Gasteiger partial charge on any atom is -0.489 e. The molecule has 5 nitrogen and oxygen atoms in total. The standard InChI is InChI=1S/C31H28FN3O2S2/c1-2-3-7-18-34-30(36)28(39-31(34)38)19-24-20-35(26-8-5-4-6-9-26)33-29(24)23-12-16-27(17-13-23)37-21-22-10-14-25(32)15-11-22/h4-6,8-17,19-20H,2-3,7,18,21H2,1H3/b28-19-. The maximum absolute atomic E-state index is 13.2. The number of rotatable bonds is 10. The van der Waals surface area contributed by atoms with Crippen molar-refractivity contribution in [2.45, 2.75) is 32.8 Å². The topological polar surface area (TPSA) is 47.4 Å². The van der Waals surface area contributed by atoms with Gasteiger partial charge >= 0.3 is 0 Å². The molecule has 0 radical (unpaired) electrons. The van der Waals surface area contributed by atoms with Crippen molar-refractivity contribution in [1.82, 2.24) is 14.7 Å². The highest BCUT2D eigenvalue weighted by Crippen LogP contribution is 2.35. The molecule has 1 aliphatic heterocycles. The number of ether oxygens (including phenoxy) is 1. The van der Waals surface area contributed by atoms with Crippen LogP contribution in [0.25, 0.3) is 23.0 Å². The van der Waals surface area contributed by atoms with Crippen LogP contribution in [0, 0.1) is 5.82 Å². The molecule has 0 N–H and O–H groups in total. The normalized spacial score (nSPS) is 14.4. The van der Waals surface area contributed by atoms with E-state index in [1.54, 1.807) is 17.0 Å². The minimum absolute atomic E-state index is 0.0518. The Morgan fingerprint density at radius 3 is 2.46 bits per heavy atom. The van der Waals surface area contributed by atoms with Gasteiger partial charge in [-0.1, -0.05) is 74.1 Å². The van der Waals surface area contributed by atoms with Crippen LogP contribution in [0.4, 0.5) is 4.39 Å². The molecule has 8 heteroatoms. The first-order valence-corrected chi connectivity index (χ1v) is 14.1. The molecule has 1 saturated heterocycles. The van der Waals surface area contributed by atoms with Gasteiger partial charge in [-0.15, -0.1) is 0 Å². The van der Waals surface area contributed by atoms with Gasteiger partial charge in [-0.05, 0) is 66.6 Å². The predicted octanol–water partition coefficient (Wildman–Crippen LogP) is 7.65. The van der Waals surface area contributed by atoms with Gasteiger partial charge in [0.2, 0.25) is 0 Å². The van der Waals surface area contributed by atoms with E-state index < -0.39 is 0 Å². The van der Waals surface area contributed by atoms with Crippen molar-refractivity contribution in [3.63, 3.8) is 0 Å². The van der Waals surface area contributed by atoms with E-state index in [4.69, 9.17) is 22.1 Å². The van der Waals surface area contributed by atoms with Crippen molar-refractivity contribution in [2.24, 2.45) is 0 Å². The number of carbonyl (C=O) groups excluding carboxylic acids is 1. The molecule has 1 aromatic heterocycles. The number of thioether (sulfide) groups is 1. The molecule has 5 rings (SSSR count). The van der Waals surface area contributed by atoms with Crippen LogP contribution in [0.1, 0.15) is 37.3 Å². The van der Waals surface area contributed by atoms with Crippen LogP contribution in [0.15, 0.2) is 90.0 Å². The zero-order chi connectivity index (χ0) is 27.2. The highest BCUT2D eigenvalue weighted by atomic mass is 32.2. The largest absolute Gasteiger partial charge is 0.489 e. The highest BCUT2D eigenvalue weighted by molar-refractivity contribution is 8.26. The summed E-state index contributed by atoms with van der Waals surface area (Å²) in [4.78, 5) is 15.5. The first-order valence-electron chi connectivity index (χ1n) is 12.9. The average Bonchev–Trinajstić information content (AvgIpc) is 3.50. The summed E-state index contributed by atoms with van der Waals surface area (Å²) in [5.74, 6) is 0.372. The molecule has 0 spiro atoms. The van der Waals surface area contributed by atoms with Gasteiger partial charge < -0.3 is 4.74 Å². The van der Waals surface area contributed by atoms with Crippen LogP contribution >= 0.6 is 24.0 Å². The summed E-state index contributed by atoms with van der Waals surface area (Å²) in [5.41, 5.74) is 4.28. The summed E-state index contributed by atoms with van der Waals surface area (Å²) in [6.45, 7) is 3.12. The smallest absolute Gasteiger partial charge is 0.266 e. The van der Waals surface area contributed by atoms with E-state index in [9.17, 15) is 9.18 Å². The molecule has 0 aliphatic carbocycles. The summed E-state index contributed by atoms with van der Waals surface area (Å²) in [5, 5.41) is 4.88. The summed E-state index contributed by atoms with van der Waals surface area (Å²) in [6, 6.07) is 23.8. The van der Waals surface area contributed by atoms with E-state index >= 15 is 0 Å². The molecule has 0 saturated carbocycles. The van der Waals surface area contributed by atoms with Gasteiger partial charge in [-0.25, -0.2) is 9.07 Å². The molecule has 1 fully saturated rings. The molecule has 4 aromatic rings. The molecule has 198 valence electrons. The first-order chi connectivity index (χ1) is 19.0. The van der Waals surface area contributed by atoms with E-state index in [2.05, 4.69) is 6.92 Å². The average molecular weight is 558 g/mol. The Morgan fingerprint density at radius 1 is 1.00 bits per heavy atom. The van der Waals surface area contributed by atoms with Crippen LogP contribution in [-0.4, -0.2) is 31.5 Å². The molecule has 1 aliphatic rings. The van der Waals surface area contributed by atoms with Crippen molar-refractivity contribution < 1.29 is 13.9 Å². The molecule has 1 amide bonds. The van der Waals surface area contributed by atoms with E-state index in [0.717, 1.165) is 47.3 Å². The lowest BCUT2D eigenvalue weighted by molar-refractivity contribution is -0.122. The van der Waals surface area contributed by atoms with Gasteiger partial charge in [0, 0.05) is 23.9 Å². The summed E-state index contributed by atoms with van der Waals surface area (Å²) in [6.07, 6.45) is 6.91. The second-order valence-corrected chi connectivity index (χ2v) is 10.9. The quantitative estimate of drug-likeness (QED) is 0.114. The SMILES string of the molecule is CCCCCN1C(=O)/C(=C/c2cn(-c3ccccc3)nc2-c2ccc(OCc3ccc(F)cc3)cc2)SC1=S. The van der Waals surface area contributed by atoms with E-state index in [1.165, 1.54) is 23.9 Å². The fourth-order valence-corrected chi connectivity index (χ4v) is 5.54. The van der Waals surface area contributed by atoms with Crippen LogP contribution in [-0.2, 0) is 11.4 Å². The van der Waals surface area contributed by atoms with Gasteiger partial charge in [0.15, 0.2) is 0 Å². The lowest BCUT2D eigenvalue weighted by atomic mass is 10.1. The Kier molecular flexibility index (Phi) is 8.54. The number of hydrogen-bond donors (Lipinski definition) is 0. The van der Waals surface area contributed by atoms with E-state index in [1.807, 2.05) is 71.6 Å². The van der Waals surface area contributed by atoms with Crippen molar-refractivity contribution in [1.29, 1.82) is 0 Å². The molecule has 39 heavy (non-hydrogen) atoms. The second kappa shape index (κ2) is 12.4. The maximum atomic E-state index is 13.2. The Hall–Kier alpha value is -3.75. The number of nitrogens with zero attached hydrogens (tertiary/aromatic N) is 3. The lowest BCUT2D eigenvalue weighted by Gasteiger charge is -2.13. The van der Waals surface area contributed by atoms with Crippen molar-refractivity contribution in [3.8, 4) is 22.7 Å². The van der Waals surface area contributed by atoms with Gasteiger partial charge in [0.05, 0.1) is 16.3 Å². The molecular weight excluding hydrogens is 529 g/mol. The Balaban J connectivity index is 1.41. The molecule has 0 bridgehead atoms. The number of benzene rings is 3. The molecular formula is C31H28FN3O2S2. The van der Waals surface area contributed by atoms with Crippen molar-refractivity contribution in [2.75, 3.05) is 6.54 Å². The number of para-hydroxylation sites is 1. The van der Waals surface area contributed by atoms with Gasteiger partial charge in [0.25, 0.3) is 5.91 Å². The van der Waals surface area contributed by atoms with E-state index in [-0.39, 0.29) is 11.7 Å². The van der Waals surface area contributed by atoms with Crippen LogP contribution < -0.4 is 4.74 Å². The zero-order valence-corrected chi connectivity index (χ0v) is 23.2. The fourth-order valence-electron chi connectivity index (χ4n) is 4.24. The third kappa shape index (κ3) is 6.46. The number of amides is 1. The molecule has 0 unspecified atom stereocenters. The maximum Gasteiger partial charge on any atom is 0.266 e. The fraction of sp³-hybridized carbons (Fsp3) is 0.194. The number of thiocarbonyl (C=S) groups is 1. The predicted molar refractivity (Wildman–Crippen MR) is 159 cm³/mol. The second-order valence-electron chi connectivity index (χ2n) is 9.19. The summed E-state index contributed by atoms with van der Waals surface area (Å²) < 4.78 is 21.5. The first kappa shape index (κ1) is 26.8. The third-order valence-electron chi connectivity index (χ3n) is 6.36. The number of halogens is 1. The number of hydrogen-bond acceptors (Lipinski definition) is 5. The monoisotopic (exact) mass is 557 g/mol. The van der Waals surface area contributed by atoms with Crippen molar-refractivity contribution in [3.05, 3.63) is 107 Å². The van der Waals surface area contributed by atoms with Crippen LogP contribution in [0.3, 0.4) is 0 Å². The highest BCUT2D eigenvalue weighted by Gasteiger charge is 2.32. The Bertz CT molecular complexity index is 1480. The number of unbranched alkanes of at least 4 members (excludes halogenated alkanes) is 2. The Labute approximate surface area is 237 Å². The Morgan fingerprint density at radius 2 is 1.74 bits per heavy atom. The summed E-state index contributed by atoms with van der Waals surface area (Å²) in [7, 11) is 0. The van der Waals surface area contributed by atoms with Gasteiger partial charge in [-0.3, -0.25) is 9.69 Å². The van der Waals surface area contributed by atoms with Crippen LogP contribution in [0.2, 0.25) is 0 Å². The van der Waals surface area contributed by atoms with Gasteiger partial charge in [-0.2, -0.15) is 5.10 Å². The third-order valence-corrected chi connectivity index (χ3v) is 7.73. The molecule has 0 atom stereocenters. The lowest BCUT2D eigenvalue weighted by Crippen LogP contribution is -2.28. The van der Waals surface area contributed by atoms with Crippen LogP contribution in [0.5, 0.6) is 5.75 Å². The number of aromatic nitrogens is 2. The van der Waals surface area contributed by atoms with E-state index in [0.29, 0.717) is 28.1 Å². The number of carbonyl (C=O) groups is 1. The minimum atomic E-state index is -0.271. The van der Waals surface area contributed by atoms with Gasteiger partial charge in [0.1, 0.15) is 22.5 Å². The molecule has 2 heterocycles. The van der Waals surface area contributed by atoms with Crippen molar-refractivity contribution >= 4 is 40.3 Å². The summed E-state index contributed by atoms with van der Waals surface area (Å²) >= 11 is 6.86. The zero-order valence-electron chi connectivity index (χ0n) is 21.5. The molecule has 3 aromatic carbocycles.